The minimum absolute atomic E-state index is 0.563. The van der Waals surface area contributed by atoms with Crippen molar-refractivity contribution >= 4 is 0 Å². The van der Waals surface area contributed by atoms with E-state index in [0.29, 0.717) is 18.1 Å². The third kappa shape index (κ3) is 6.83. The van der Waals surface area contributed by atoms with Crippen LogP contribution in [0.4, 0.5) is 0 Å². The highest BCUT2D eigenvalue weighted by atomic mass is 15.0. The molecule has 0 saturated heterocycles. The highest BCUT2D eigenvalue weighted by Crippen LogP contribution is 2.32. The van der Waals surface area contributed by atoms with Crippen molar-refractivity contribution in [3.05, 3.63) is 199 Å². The molecule has 3 nitrogen and oxygen atoms in total. The standard InChI is InChI=1S/C46H33N3/c1-5-13-34(14-6-1)36-21-25-38(26-22-36)42-29-33(30-43(32-42)39-27-23-37(24-28-39)35-15-7-2-8-16-35)31-44-47-45(40-17-9-3-10-18-40)49-46(48-44)41-19-11-4-12-20-41/h1-30,32H,31H2. The van der Waals surface area contributed by atoms with Crippen LogP contribution in [0, 0.1) is 0 Å². The second-order valence-electron chi connectivity index (χ2n) is 12.1. The van der Waals surface area contributed by atoms with Crippen LogP contribution in [-0.4, -0.2) is 15.0 Å². The van der Waals surface area contributed by atoms with E-state index in [1.54, 1.807) is 0 Å². The largest absolute Gasteiger partial charge is 0.213 e. The van der Waals surface area contributed by atoms with E-state index in [-0.39, 0.29) is 0 Å². The zero-order chi connectivity index (χ0) is 32.8. The summed E-state index contributed by atoms with van der Waals surface area (Å²) < 4.78 is 0. The first-order chi connectivity index (χ1) is 24.2. The Bertz CT molecular complexity index is 2140. The Morgan fingerprint density at radius 3 is 0.939 bits per heavy atom. The Kier molecular flexibility index (Phi) is 8.38. The monoisotopic (exact) mass is 627 g/mol. The van der Waals surface area contributed by atoms with Crippen LogP contribution in [0.5, 0.6) is 0 Å². The van der Waals surface area contributed by atoms with Gasteiger partial charge in [-0.1, -0.05) is 182 Å². The topological polar surface area (TPSA) is 38.7 Å². The molecule has 0 N–H and O–H groups in total. The van der Waals surface area contributed by atoms with E-state index < -0.39 is 0 Å². The summed E-state index contributed by atoms with van der Waals surface area (Å²) >= 11 is 0. The van der Waals surface area contributed by atoms with Crippen molar-refractivity contribution in [2.45, 2.75) is 6.42 Å². The van der Waals surface area contributed by atoms with Crippen LogP contribution in [0.1, 0.15) is 11.4 Å². The van der Waals surface area contributed by atoms with Gasteiger partial charge in [0.15, 0.2) is 11.6 Å². The lowest BCUT2D eigenvalue weighted by atomic mass is 9.93. The quantitative estimate of drug-likeness (QED) is 0.168. The van der Waals surface area contributed by atoms with Crippen molar-refractivity contribution in [1.82, 2.24) is 15.0 Å². The molecular formula is C46H33N3. The van der Waals surface area contributed by atoms with E-state index in [0.717, 1.165) is 44.8 Å². The molecule has 0 amide bonds. The van der Waals surface area contributed by atoms with E-state index >= 15 is 0 Å². The highest BCUT2D eigenvalue weighted by Gasteiger charge is 2.13. The molecule has 1 aromatic heterocycles. The van der Waals surface area contributed by atoms with Crippen molar-refractivity contribution < 1.29 is 0 Å². The Balaban J connectivity index is 1.21. The van der Waals surface area contributed by atoms with E-state index in [1.807, 2.05) is 60.7 Å². The zero-order valence-electron chi connectivity index (χ0n) is 26.9. The number of hydrogen-bond donors (Lipinski definition) is 0. The number of rotatable bonds is 8. The maximum Gasteiger partial charge on any atom is 0.163 e. The maximum absolute atomic E-state index is 5.00. The van der Waals surface area contributed by atoms with Gasteiger partial charge < -0.3 is 0 Å². The average molecular weight is 628 g/mol. The van der Waals surface area contributed by atoms with Gasteiger partial charge in [0.1, 0.15) is 5.82 Å². The fraction of sp³-hybridized carbons (Fsp3) is 0.0217. The fourth-order valence-electron chi connectivity index (χ4n) is 6.21. The number of benzene rings is 7. The summed E-state index contributed by atoms with van der Waals surface area (Å²) in [5.41, 5.74) is 12.5. The molecule has 0 unspecified atom stereocenters. The Hall–Kier alpha value is -6.45. The lowest BCUT2D eigenvalue weighted by Gasteiger charge is -2.13. The molecule has 0 aliphatic rings. The summed E-state index contributed by atoms with van der Waals surface area (Å²) in [7, 11) is 0. The van der Waals surface area contributed by atoms with Gasteiger partial charge >= 0.3 is 0 Å². The smallest absolute Gasteiger partial charge is 0.163 e. The predicted molar refractivity (Wildman–Crippen MR) is 202 cm³/mol. The van der Waals surface area contributed by atoms with Gasteiger partial charge in [0.05, 0.1) is 0 Å². The molecular weight excluding hydrogens is 595 g/mol. The lowest BCUT2D eigenvalue weighted by molar-refractivity contribution is 0.933. The first kappa shape index (κ1) is 29.9. The molecule has 0 bridgehead atoms. The third-order valence-corrected chi connectivity index (χ3v) is 8.75. The number of aromatic nitrogens is 3. The lowest BCUT2D eigenvalue weighted by Crippen LogP contribution is -2.04. The van der Waals surface area contributed by atoms with Gasteiger partial charge in [-0.25, -0.2) is 15.0 Å². The fourth-order valence-corrected chi connectivity index (χ4v) is 6.21. The summed E-state index contributed by atoms with van der Waals surface area (Å²) in [5.74, 6) is 2.08. The van der Waals surface area contributed by atoms with Gasteiger partial charge in [0.25, 0.3) is 0 Å². The highest BCUT2D eigenvalue weighted by molar-refractivity contribution is 5.78. The van der Waals surface area contributed by atoms with E-state index in [4.69, 9.17) is 15.0 Å². The first-order valence-electron chi connectivity index (χ1n) is 16.6. The van der Waals surface area contributed by atoms with Gasteiger partial charge in [-0.15, -0.1) is 0 Å². The van der Waals surface area contributed by atoms with Gasteiger partial charge in [-0.05, 0) is 56.1 Å². The molecule has 8 rings (SSSR count). The molecule has 7 aromatic carbocycles. The van der Waals surface area contributed by atoms with Crippen molar-refractivity contribution in [2.75, 3.05) is 0 Å². The minimum atomic E-state index is 0.563. The van der Waals surface area contributed by atoms with Crippen molar-refractivity contribution in [1.29, 1.82) is 0 Å². The predicted octanol–water partition coefficient (Wildman–Crippen LogP) is 11.5. The van der Waals surface area contributed by atoms with E-state index in [9.17, 15) is 0 Å². The molecule has 0 aliphatic carbocycles. The van der Waals surface area contributed by atoms with Crippen LogP contribution in [0.15, 0.2) is 188 Å². The third-order valence-electron chi connectivity index (χ3n) is 8.75. The second kappa shape index (κ2) is 13.7. The van der Waals surface area contributed by atoms with E-state index in [1.165, 1.54) is 22.3 Å². The Morgan fingerprint density at radius 2 is 0.571 bits per heavy atom. The molecule has 0 radical (unpaired) electrons. The number of nitrogens with zero attached hydrogens (tertiary/aromatic N) is 3. The summed E-state index contributed by atoms with van der Waals surface area (Å²) in [6, 6.07) is 65.8. The van der Waals surface area contributed by atoms with E-state index in [2.05, 4.69) is 127 Å². The summed E-state index contributed by atoms with van der Waals surface area (Å²) in [6.45, 7) is 0. The van der Waals surface area contributed by atoms with Crippen LogP contribution in [-0.2, 0) is 6.42 Å². The molecule has 0 fully saturated rings. The molecule has 8 aromatic rings. The second-order valence-corrected chi connectivity index (χ2v) is 12.1. The van der Waals surface area contributed by atoms with Crippen molar-refractivity contribution in [3.63, 3.8) is 0 Å². The summed E-state index contributed by atoms with van der Waals surface area (Å²) in [5, 5.41) is 0. The van der Waals surface area contributed by atoms with Gasteiger partial charge in [-0.2, -0.15) is 0 Å². The molecule has 232 valence electrons. The average Bonchev–Trinajstić information content (AvgIpc) is 3.19. The van der Waals surface area contributed by atoms with Crippen molar-refractivity contribution in [2.24, 2.45) is 0 Å². The van der Waals surface area contributed by atoms with Crippen LogP contribution in [0.2, 0.25) is 0 Å². The number of hydrogen-bond acceptors (Lipinski definition) is 3. The molecule has 0 spiro atoms. The molecule has 3 heteroatoms. The van der Waals surface area contributed by atoms with Crippen LogP contribution in [0.3, 0.4) is 0 Å². The van der Waals surface area contributed by atoms with Gasteiger partial charge in [0.2, 0.25) is 0 Å². The van der Waals surface area contributed by atoms with Gasteiger partial charge in [0, 0.05) is 17.5 Å². The summed E-state index contributed by atoms with van der Waals surface area (Å²) in [4.78, 5) is 14.9. The Morgan fingerprint density at radius 1 is 0.265 bits per heavy atom. The summed E-state index contributed by atoms with van der Waals surface area (Å²) in [6.07, 6.45) is 0.563. The maximum atomic E-state index is 5.00. The molecule has 1 heterocycles. The molecule has 0 aliphatic heterocycles. The molecule has 49 heavy (non-hydrogen) atoms. The van der Waals surface area contributed by atoms with Crippen molar-refractivity contribution in [3.8, 4) is 67.3 Å². The first-order valence-corrected chi connectivity index (χ1v) is 16.6. The SMILES string of the molecule is c1ccc(-c2ccc(-c3cc(Cc4nc(-c5ccccc5)nc(-c5ccccc5)n4)cc(-c4ccc(-c5ccccc5)cc4)c3)cc2)cc1. The zero-order valence-corrected chi connectivity index (χ0v) is 26.9. The normalized spacial score (nSPS) is 10.9. The van der Waals surface area contributed by atoms with Crippen LogP contribution in [0.25, 0.3) is 67.3 Å². The Labute approximate surface area is 287 Å². The van der Waals surface area contributed by atoms with Crippen LogP contribution < -0.4 is 0 Å². The molecule has 0 saturated carbocycles. The van der Waals surface area contributed by atoms with Crippen LogP contribution >= 0.6 is 0 Å². The van der Waals surface area contributed by atoms with Gasteiger partial charge in [-0.3, -0.25) is 0 Å². The minimum Gasteiger partial charge on any atom is -0.213 e. The molecule has 0 atom stereocenters.